The molecule has 2 heterocycles. The summed E-state index contributed by atoms with van der Waals surface area (Å²) in [6, 6.07) is 11.8. The SMILES string of the molecule is CC1CCN(c2ccc(C(=O)Nc3ccccc3C(C)(C)C)nc2)CC1. The first-order valence-electron chi connectivity index (χ1n) is 9.46. The van der Waals surface area contributed by atoms with Gasteiger partial charge in [0.15, 0.2) is 0 Å². The lowest BCUT2D eigenvalue weighted by Gasteiger charge is -2.31. The van der Waals surface area contributed by atoms with Crippen LogP contribution in [0.5, 0.6) is 0 Å². The predicted octanol–water partition coefficient (Wildman–Crippen LogP) is 4.87. The number of para-hydroxylation sites is 1. The van der Waals surface area contributed by atoms with Gasteiger partial charge in [0.1, 0.15) is 5.69 Å². The zero-order chi connectivity index (χ0) is 18.7. The van der Waals surface area contributed by atoms with Crippen LogP contribution >= 0.6 is 0 Å². The second kappa shape index (κ2) is 7.48. The van der Waals surface area contributed by atoms with Crippen molar-refractivity contribution < 1.29 is 4.79 Å². The van der Waals surface area contributed by atoms with Gasteiger partial charge in [-0.3, -0.25) is 4.79 Å². The summed E-state index contributed by atoms with van der Waals surface area (Å²) in [7, 11) is 0. The summed E-state index contributed by atoms with van der Waals surface area (Å²) in [6.45, 7) is 10.9. The van der Waals surface area contributed by atoms with Crippen molar-refractivity contribution in [2.45, 2.75) is 46.0 Å². The summed E-state index contributed by atoms with van der Waals surface area (Å²) >= 11 is 0. The minimum Gasteiger partial charge on any atom is -0.370 e. The van der Waals surface area contributed by atoms with E-state index < -0.39 is 0 Å². The first kappa shape index (κ1) is 18.4. The maximum absolute atomic E-state index is 12.6. The second-order valence-electron chi connectivity index (χ2n) is 8.32. The van der Waals surface area contributed by atoms with Gasteiger partial charge in [-0.2, -0.15) is 0 Å². The third-order valence-corrected chi connectivity index (χ3v) is 5.11. The van der Waals surface area contributed by atoms with E-state index in [0.717, 1.165) is 35.9 Å². The molecule has 0 unspecified atom stereocenters. The lowest BCUT2D eigenvalue weighted by molar-refractivity contribution is 0.102. The zero-order valence-electron chi connectivity index (χ0n) is 16.2. The van der Waals surface area contributed by atoms with Crippen LogP contribution in [0, 0.1) is 5.92 Å². The molecule has 138 valence electrons. The fourth-order valence-electron chi connectivity index (χ4n) is 3.41. The highest BCUT2D eigenvalue weighted by molar-refractivity contribution is 6.03. The van der Waals surface area contributed by atoms with Gasteiger partial charge in [0.05, 0.1) is 11.9 Å². The number of hydrogen-bond acceptors (Lipinski definition) is 3. The van der Waals surface area contributed by atoms with E-state index in [1.54, 1.807) is 0 Å². The molecule has 0 bridgehead atoms. The number of aromatic nitrogens is 1. The summed E-state index contributed by atoms with van der Waals surface area (Å²) in [6.07, 6.45) is 4.25. The maximum Gasteiger partial charge on any atom is 0.274 e. The Kier molecular flexibility index (Phi) is 5.30. The molecule has 4 heteroatoms. The molecule has 1 aliphatic rings. The van der Waals surface area contributed by atoms with E-state index in [1.165, 1.54) is 12.8 Å². The Labute approximate surface area is 156 Å². The van der Waals surface area contributed by atoms with E-state index in [9.17, 15) is 4.79 Å². The molecule has 0 spiro atoms. The van der Waals surface area contributed by atoms with Gasteiger partial charge < -0.3 is 10.2 Å². The second-order valence-corrected chi connectivity index (χ2v) is 8.32. The molecular formula is C22H29N3O. The molecule has 3 rings (SSSR count). The predicted molar refractivity (Wildman–Crippen MR) is 108 cm³/mol. The van der Waals surface area contributed by atoms with Crippen LogP contribution < -0.4 is 10.2 Å². The van der Waals surface area contributed by atoms with Crippen LogP contribution in [0.15, 0.2) is 42.6 Å². The number of carbonyl (C=O) groups excluding carboxylic acids is 1. The van der Waals surface area contributed by atoms with Gasteiger partial charge in [-0.05, 0) is 47.9 Å². The highest BCUT2D eigenvalue weighted by Crippen LogP contribution is 2.29. The molecule has 1 aromatic carbocycles. The number of carbonyl (C=O) groups is 1. The first-order chi connectivity index (χ1) is 12.3. The monoisotopic (exact) mass is 351 g/mol. The Morgan fingerprint density at radius 3 is 2.42 bits per heavy atom. The maximum atomic E-state index is 12.6. The largest absolute Gasteiger partial charge is 0.370 e. The Balaban J connectivity index is 1.71. The van der Waals surface area contributed by atoms with Gasteiger partial charge >= 0.3 is 0 Å². The van der Waals surface area contributed by atoms with Crippen LogP contribution in [-0.2, 0) is 5.41 Å². The number of pyridine rings is 1. The summed E-state index contributed by atoms with van der Waals surface area (Å²) < 4.78 is 0. The molecule has 1 amide bonds. The Hall–Kier alpha value is -2.36. The number of amides is 1. The summed E-state index contributed by atoms with van der Waals surface area (Å²) in [5, 5.41) is 3.02. The van der Waals surface area contributed by atoms with Crippen molar-refractivity contribution in [3.63, 3.8) is 0 Å². The van der Waals surface area contributed by atoms with E-state index >= 15 is 0 Å². The number of piperidine rings is 1. The molecule has 1 saturated heterocycles. The van der Waals surface area contributed by atoms with Crippen LogP contribution in [0.3, 0.4) is 0 Å². The molecule has 1 fully saturated rings. The molecule has 0 saturated carbocycles. The number of nitrogens with one attached hydrogen (secondary N) is 1. The zero-order valence-corrected chi connectivity index (χ0v) is 16.2. The van der Waals surface area contributed by atoms with Gasteiger partial charge in [0, 0.05) is 18.8 Å². The Morgan fingerprint density at radius 1 is 1.12 bits per heavy atom. The Bertz CT molecular complexity index is 754. The molecule has 1 aromatic heterocycles. The number of anilines is 2. The van der Waals surface area contributed by atoms with Gasteiger partial charge in [-0.15, -0.1) is 0 Å². The van der Waals surface area contributed by atoms with Crippen molar-refractivity contribution in [3.05, 3.63) is 53.9 Å². The number of rotatable bonds is 3. The fourth-order valence-corrected chi connectivity index (χ4v) is 3.41. The minimum atomic E-state index is -0.166. The van der Waals surface area contributed by atoms with Crippen LogP contribution in [0.25, 0.3) is 0 Å². The van der Waals surface area contributed by atoms with E-state index in [4.69, 9.17) is 0 Å². The molecule has 1 N–H and O–H groups in total. The van der Waals surface area contributed by atoms with Gasteiger partial charge in [0.2, 0.25) is 0 Å². The smallest absolute Gasteiger partial charge is 0.274 e. The number of benzene rings is 1. The van der Waals surface area contributed by atoms with Gasteiger partial charge in [-0.25, -0.2) is 4.98 Å². The molecule has 0 atom stereocenters. The van der Waals surface area contributed by atoms with Gasteiger partial charge in [0.25, 0.3) is 5.91 Å². The van der Waals surface area contributed by atoms with Crippen molar-refractivity contribution in [1.29, 1.82) is 0 Å². The molecule has 1 aliphatic heterocycles. The van der Waals surface area contributed by atoms with E-state index in [-0.39, 0.29) is 11.3 Å². The molecule has 0 aliphatic carbocycles. The minimum absolute atomic E-state index is 0.0352. The summed E-state index contributed by atoms with van der Waals surface area (Å²) in [5.74, 6) is 0.632. The van der Waals surface area contributed by atoms with Crippen molar-refractivity contribution in [3.8, 4) is 0 Å². The lowest BCUT2D eigenvalue weighted by Crippen LogP contribution is -2.32. The van der Waals surface area contributed by atoms with Crippen LogP contribution in [0.4, 0.5) is 11.4 Å². The molecule has 2 aromatic rings. The number of nitrogens with zero attached hydrogens (tertiary/aromatic N) is 2. The topological polar surface area (TPSA) is 45.2 Å². The highest BCUT2D eigenvalue weighted by atomic mass is 16.1. The lowest BCUT2D eigenvalue weighted by atomic mass is 9.86. The third-order valence-electron chi connectivity index (χ3n) is 5.11. The quantitative estimate of drug-likeness (QED) is 0.858. The average molecular weight is 351 g/mol. The molecule has 4 nitrogen and oxygen atoms in total. The van der Waals surface area contributed by atoms with E-state index in [2.05, 4.69) is 49.0 Å². The van der Waals surface area contributed by atoms with Crippen LogP contribution in [0.2, 0.25) is 0 Å². The van der Waals surface area contributed by atoms with Crippen LogP contribution in [0.1, 0.15) is 56.6 Å². The van der Waals surface area contributed by atoms with E-state index in [0.29, 0.717) is 5.69 Å². The fraction of sp³-hybridized carbons (Fsp3) is 0.455. The number of hydrogen-bond donors (Lipinski definition) is 1. The molecule has 0 radical (unpaired) electrons. The van der Waals surface area contributed by atoms with Crippen molar-refractivity contribution >= 4 is 17.3 Å². The highest BCUT2D eigenvalue weighted by Gasteiger charge is 2.20. The average Bonchev–Trinajstić information content (AvgIpc) is 2.62. The molecular weight excluding hydrogens is 322 g/mol. The summed E-state index contributed by atoms with van der Waals surface area (Å²) in [5.41, 5.74) is 3.48. The van der Waals surface area contributed by atoms with Crippen molar-refractivity contribution in [2.75, 3.05) is 23.3 Å². The third kappa shape index (κ3) is 4.24. The first-order valence-corrected chi connectivity index (χ1v) is 9.46. The van der Waals surface area contributed by atoms with Crippen molar-refractivity contribution in [1.82, 2.24) is 4.98 Å². The van der Waals surface area contributed by atoms with Crippen molar-refractivity contribution in [2.24, 2.45) is 5.92 Å². The van der Waals surface area contributed by atoms with E-state index in [1.807, 2.05) is 36.5 Å². The molecule has 26 heavy (non-hydrogen) atoms. The Morgan fingerprint density at radius 2 is 1.81 bits per heavy atom. The summed E-state index contributed by atoms with van der Waals surface area (Å²) in [4.78, 5) is 19.4. The normalized spacial score (nSPS) is 15.8. The standard InChI is InChI=1S/C22H29N3O/c1-16-11-13-25(14-12-16)17-9-10-20(23-15-17)21(26)24-19-8-6-5-7-18(19)22(2,3)4/h5-10,15-16H,11-14H2,1-4H3,(H,24,26). The van der Waals surface area contributed by atoms with Gasteiger partial charge in [-0.1, -0.05) is 45.9 Å². The van der Waals surface area contributed by atoms with Crippen LogP contribution in [-0.4, -0.2) is 24.0 Å².